The van der Waals surface area contributed by atoms with Crippen molar-refractivity contribution in [3.05, 3.63) is 51.9 Å². The lowest BCUT2D eigenvalue weighted by Crippen LogP contribution is -3.15. The molecule has 1 aliphatic heterocycles. The van der Waals surface area contributed by atoms with E-state index in [-0.39, 0.29) is 40.1 Å². The van der Waals surface area contributed by atoms with E-state index in [0.29, 0.717) is 11.8 Å². The molecule has 1 saturated heterocycles. The van der Waals surface area contributed by atoms with Gasteiger partial charge in [-0.05, 0) is 55.5 Å². The largest absolute Gasteiger partial charge is 0.507 e. The number of piperidine rings is 1. The van der Waals surface area contributed by atoms with Crippen molar-refractivity contribution in [2.45, 2.75) is 51.4 Å². The molecule has 4 rings (SSSR count). The Balaban J connectivity index is 1.95. The molecule has 0 spiro atoms. The summed E-state index contributed by atoms with van der Waals surface area (Å²) in [5, 5.41) is 10.6. The summed E-state index contributed by atoms with van der Waals surface area (Å²) in [6.45, 7) is 3.20. The Kier molecular flexibility index (Phi) is 6.98. The number of hydrogen-bond acceptors (Lipinski definition) is 5. The molecule has 3 aromatic rings. The number of rotatable bonds is 6. The Morgan fingerprint density at radius 2 is 1.86 bits per heavy atom. The van der Waals surface area contributed by atoms with Crippen molar-refractivity contribution in [1.29, 1.82) is 0 Å². The highest BCUT2D eigenvalue weighted by molar-refractivity contribution is 5.87. The lowest BCUT2D eigenvalue weighted by Gasteiger charge is -2.32. The molecule has 0 bridgehead atoms. The molecule has 2 aromatic carbocycles. The van der Waals surface area contributed by atoms with E-state index >= 15 is 0 Å². The molecule has 2 atom stereocenters. The first-order chi connectivity index (χ1) is 16.7. The van der Waals surface area contributed by atoms with Crippen molar-refractivity contribution >= 4 is 11.0 Å². The second-order valence-corrected chi connectivity index (χ2v) is 8.83. The maximum Gasteiger partial charge on any atom is 0.450 e. The monoisotopic (exact) mass is 492 g/mol. The molecule has 6 nitrogen and oxygen atoms in total. The number of methoxy groups -OCH3 is 2. The van der Waals surface area contributed by atoms with E-state index in [1.807, 2.05) is 0 Å². The van der Waals surface area contributed by atoms with E-state index in [1.54, 1.807) is 0 Å². The molecule has 9 heteroatoms. The number of likely N-dealkylation sites (tertiary alicyclic amines) is 1. The molecule has 188 valence electrons. The predicted octanol–water partition coefficient (Wildman–Crippen LogP) is 4.55. The summed E-state index contributed by atoms with van der Waals surface area (Å²) in [5.74, 6) is -1.09. The van der Waals surface area contributed by atoms with Gasteiger partial charge in [-0.1, -0.05) is 13.0 Å². The second-order valence-electron chi connectivity index (χ2n) is 8.83. The van der Waals surface area contributed by atoms with Crippen LogP contribution in [0.2, 0.25) is 0 Å². The number of hydrogen-bond donors (Lipinski definition) is 2. The van der Waals surface area contributed by atoms with Crippen LogP contribution in [0, 0.1) is 0 Å². The van der Waals surface area contributed by atoms with Crippen LogP contribution in [0.5, 0.6) is 17.2 Å². The van der Waals surface area contributed by atoms with Crippen molar-refractivity contribution < 1.29 is 37.1 Å². The van der Waals surface area contributed by atoms with Crippen LogP contribution in [0.15, 0.2) is 39.5 Å². The lowest BCUT2D eigenvalue weighted by atomic mass is 9.97. The van der Waals surface area contributed by atoms with E-state index in [0.717, 1.165) is 32.2 Å². The van der Waals surface area contributed by atoms with Crippen LogP contribution >= 0.6 is 0 Å². The number of phenols is 1. The van der Waals surface area contributed by atoms with Gasteiger partial charge in [0.25, 0.3) is 0 Å². The van der Waals surface area contributed by atoms with Gasteiger partial charge in [0.05, 0.1) is 43.3 Å². The first-order valence-corrected chi connectivity index (χ1v) is 11.6. The molecule has 2 N–H and O–H groups in total. The quantitative estimate of drug-likeness (QED) is 0.528. The van der Waals surface area contributed by atoms with Crippen LogP contribution in [0.1, 0.15) is 43.9 Å². The summed E-state index contributed by atoms with van der Waals surface area (Å²) in [6.07, 6.45) is -0.910. The standard InChI is InChI=1S/C26H28F3NO5/c1-4-16-7-5-6-12-30(16)14-18-19(31)10-9-17-23(32)22(25(26(27,28)29)35-24(17)18)15-8-11-20(33-2)21(13-15)34-3/h8-11,13,16,31H,4-7,12,14H2,1-3H3/p+1/t16-/m0/s1. The Morgan fingerprint density at radius 1 is 1.11 bits per heavy atom. The number of aromatic hydroxyl groups is 1. The molecular weight excluding hydrogens is 463 g/mol. The highest BCUT2D eigenvalue weighted by Gasteiger charge is 2.40. The Hall–Kier alpha value is -3.20. The van der Waals surface area contributed by atoms with Crippen LogP contribution in [0.4, 0.5) is 13.2 Å². The van der Waals surface area contributed by atoms with E-state index in [2.05, 4.69) is 6.92 Å². The van der Waals surface area contributed by atoms with E-state index in [1.165, 1.54) is 49.5 Å². The third-order valence-corrected chi connectivity index (χ3v) is 6.84. The average Bonchev–Trinajstić information content (AvgIpc) is 2.84. The fraction of sp³-hybridized carbons (Fsp3) is 0.423. The molecule has 1 aliphatic rings. The van der Waals surface area contributed by atoms with E-state index in [4.69, 9.17) is 13.9 Å². The molecule has 1 unspecified atom stereocenters. The summed E-state index contributed by atoms with van der Waals surface area (Å²) < 4.78 is 58.5. The number of fused-ring (bicyclic) bond motifs is 1. The Morgan fingerprint density at radius 3 is 2.51 bits per heavy atom. The van der Waals surface area contributed by atoms with E-state index in [9.17, 15) is 23.1 Å². The summed E-state index contributed by atoms with van der Waals surface area (Å²) in [4.78, 5) is 14.7. The normalized spacial score (nSPS) is 18.6. The zero-order valence-corrected chi connectivity index (χ0v) is 19.9. The van der Waals surface area contributed by atoms with Gasteiger partial charge in [0.15, 0.2) is 17.1 Å². The van der Waals surface area contributed by atoms with Crippen LogP contribution < -0.4 is 19.8 Å². The molecule has 1 aromatic heterocycles. The van der Waals surface area contributed by atoms with Gasteiger partial charge in [0.1, 0.15) is 12.3 Å². The molecule has 0 saturated carbocycles. The highest BCUT2D eigenvalue weighted by atomic mass is 19.4. The van der Waals surface area contributed by atoms with Crippen LogP contribution in [-0.4, -0.2) is 31.9 Å². The van der Waals surface area contributed by atoms with Crippen LogP contribution in [-0.2, 0) is 12.7 Å². The van der Waals surface area contributed by atoms with Crippen molar-refractivity contribution in [2.24, 2.45) is 0 Å². The maximum atomic E-state index is 14.2. The molecule has 0 amide bonds. The van der Waals surface area contributed by atoms with Gasteiger partial charge in [0, 0.05) is 0 Å². The van der Waals surface area contributed by atoms with Crippen molar-refractivity contribution in [3.8, 4) is 28.4 Å². The SMILES string of the molecule is CC[C@H]1CCCC[NH+]1Cc1c(O)ccc2c(=O)c(-c3ccc(OC)c(OC)c3)c(C(F)(F)F)oc12. The Labute approximate surface area is 200 Å². The van der Waals surface area contributed by atoms with Crippen molar-refractivity contribution in [3.63, 3.8) is 0 Å². The number of quaternary nitrogens is 1. The average molecular weight is 493 g/mol. The Bertz CT molecular complexity index is 1280. The number of phenolic OH excluding ortho intramolecular Hbond substituents is 1. The van der Waals surface area contributed by atoms with Gasteiger partial charge in [0.2, 0.25) is 11.2 Å². The van der Waals surface area contributed by atoms with Gasteiger partial charge < -0.3 is 23.9 Å². The van der Waals surface area contributed by atoms with Crippen molar-refractivity contribution in [2.75, 3.05) is 20.8 Å². The minimum absolute atomic E-state index is 0.00653. The topological polar surface area (TPSA) is 73.3 Å². The fourth-order valence-electron chi connectivity index (χ4n) is 5.03. The first kappa shape index (κ1) is 24.9. The van der Waals surface area contributed by atoms with Gasteiger partial charge in [-0.3, -0.25) is 4.79 Å². The summed E-state index contributed by atoms with van der Waals surface area (Å²) in [7, 11) is 2.77. The molecular formula is C26H29F3NO5+. The van der Waals surface area contributed by atoms with Gasteiger partial charge >= 0.3 is 6.18 Å². The number of benzene rings is 2. The lowest BCUT2D eigenvalue weighted by molar-refractivity contribution is -0.944. The first-order valence-electron chi connectivity index (χ1n) is 11.6. The molecule has 0 aliphatic carbocycles. The molecule has 1 fully saturated rings. The third kappa shape index (κ3) is 4.69. The number of halogens is 3. The molecule has 35 heavy (non-hydrogen) atoms. The van der Waals surface area contributed by atoms with Gasteiger partial charge in [-0.15, -0.1) is 0 Å². The minimum atomic E-state index is -4.94. The zero-order valence-electron chi connectivity index (χ0n) is 19.9. The smallest absolute Gasteiger partial charge is 0.450 e. The van der Waals surface area contributed by atoms with Gasteiger partial charge in [-0.25, -0.2) is 0 Å². The van der Waals surface area contributed by atoms with E-state index < -0.39 is 22.9 Å². The minimum Gasteiger partial charge on any atom is -0.507 e. The fourth-order valence-corrected chi connectivity index (χ4v) is 5.03. The third-order valence-electron chi connectivity index (χ3n) is 6.84. The number of ether oxygens (including phenoxy) is 2. The van der Waals surface area contributed by atoms with Gasteiger partial charge in [-0.2, -0.15) is 13.2 Å². The summed E-state index contributed by atoms with van der Waals surface area (Å²) >= 11 is 0. The molecule has 0 radical (unpaired) electrons. The predicted molar refractivity (Wildman–Crippen MR) is 125 cm³/mol. The summed E-state index contributed by atoms with van der Waals surface area (Å²) in [6, 6.07) is 7.11. The number of alkyl halides is 3. The summed E-state index contributed by atoms with van der Waals surface area (Å²) in [5.41, 5.74) is -1.45. The second kappa shape index (κ2) is 9.81. The number of nitrogens with one attached hydrogen (secondary N) is 1. The van der Waals surface area contributed by atoms with Crippen LogP contribution in [0.3, 0.4) is 0 Å². The molecule has 2 heterocycles. The highest BCUT2D eigenvalue weighted by Crippen LogP contribution is 2.41. The zero-order chi connectivity index (χ0) is 25.3. The maximum absolute atomic E-state index is 14.2. The van der Waals surface area contributed by atoms with Crippen LogP contribution in [0.25, 0.3) is 22.1 Å². The van der Waals surface area contributed by atoms with Crippen molar-refractivity contribution in [1.82, 2.24) is 0 Å².